The van der Waals surface area contributed by atoms with E-state index >= 15 is 0 Å². The molecule has 0 bridgehead atoms. The number of hydrogen-bond donors (Lipinski definition) is 1. The fourth-order valence-electron chi connectivity index (χ4n) is 2.06. The number of rotatable bonds is 12. The molecule has 0 aromatic rings. The molecule has 2 nitrogen and oxygen atoms in total. The quantitative estimate of drug-likeness (QED) is 0.562. The van der Waals surface area contributed by atoms with Gasteiger partial charge in [-0.05, 0) is 45.3 Å². The molecular formula is C15H34N2. The van der Waals surface area contributed by atoms with E-state index in [2.05, 4.69) is 37.9 Å². The summed E-state index contributed by atoms with van der Waals surface area (Å²) in [5.74, 6) is 0. The predicted molar refractivity (Wildman–Crippen MR) is 78.6 cm³/mol. The van der Waals surface area contributed by atoms with Crippen molar-refractivity contribution in [3.05, 3.63) is 0 Å². The van der Waals surface area contributed by atoms with Gasteiger partial charge in [-0.25, -0.2) is 0 Å². The SMILES string of the molecule is CCCCN(CCCC)CC(CC)NCCC. The minimum absolute atomic E-state index is 0.684. The zero-order valence-electron chi connectivity index (χ0n) is 12.6. The second kappa shape index (κ2) is 12.4. The molecule has 0 aliphatic heterocycles. The van der Waals surface area contributed by atoms with Crippen molar-refractivity contribution in [1.82, 2.24) is 10.2 Å². The number of nitrogens with zero attached hydrogens (tertiary/aromatic N) is 1. The third-order valence-corrected chi connectivity index (χ3v) is 3.31. The average molecular weight is 242 g/mol. The van der Waals surface area contributed by atoms with Gasteiger partial charge >= 0.3 is 0 Å². The smallest absolute Gasteiger partial charge is 0.0192 e. The second-order valence-electron chi connectivity index (χ2n) is 5.07. The van der Waals surface area contributed by atoms with Crippen molar-refractivity contribution in [3.8, 4) is 0 Å². The first kappa shape index (κ1) is 16.9. The summed E-state index contributed by atoms with van der Waals surface area (Å²) in [6.45, 7) is 14.1. The molecule has 0 heterocycles. The van der Waals surface area contributed by atoms with Crippen LogP contribution in [-0.4, -0.2) is 37.1 Å². The standard InChI is InChI=1S/C15H34N2/c1-5-9-12-17(13-10-6-2)14-15(8-4)16-11-7-3/h15-16H,5-14H2,1-4H3. The lowest BCUT2D eigenvalue weighted by Crippen LogP contribution is -2.41. The number of nitrogens with one attached hydrogen (secondary N) is 1. The average Bonchev–Trinajstić information content (AvgIpc) is 2.36. The summed E-state index contributed by atoms with van der Waals surface area (Å²) >= 11 is 0. The third-order valence-electron chi connectivity index (χ3n) is 3.31. The highest BCUT2D eigenvalue weighted by atomic mass is 15.1. The van der Waals surface area contributed by atoms with Crippen molar-refractivity contribution >= 4 is 0 Å². The van der Waals surface area contributed by atoms with Gasteiger partial charge < -0.3 is 10.2 Å². The molecule has 0 aliphatic carbocycles. The van der Waals surface area contributed by atoms with E-state index in [9.17, 15) is 0 Å². The summed E-state index contributed by atoms with van der Waals surface area (Å²) < 4.78 is 0. The van der Waals surface area contributed by atoms with Crippen LogP contribution < -0.4 is 5.32 Å². The summed E-state index contributed by atoms with van der Waals surface area (Å²) in [5.41, 5.74) is 0. The fourth-order valence-corrected chi connectivity index (χ4v) is 2.06. The van der Waals surface area contributed by atoms with E-state index in [1.165, 1.54) is 58.2 Å². The van der Waals surface area contributed by atoms with E-state index in [0.717, 1.165) is 6.54 Å². The summed E-state index contributed by atoms with van der Waals surface area (Å²) in [6, 6.07) is 0.684. The maximum Gasteiger partial charge on any atom is 0.0192 e. The summed E-state index contributed by atoms with van der Waals surface area (Å²) in [7, 11) is 0. The van der Waals surface area contributed by atoms with Crippen LogP contribution in [0.5, 0.6) is 0 Å². The van der Waals surface area contributed by atoms with Crippen LogP contribution in [0.4, 0.5) is 0 Å². The van der Waals surface area contributed by atoms with Gasteiger partial charge in [0.1, 0.15) is 0 Å². The van der Waals surface area contributed by atoms with Gasteiger partial charge in [-0.1, -0.05) is 40.5 Å². The van der Waals surface area contributed by atoms with Crippen molar-refractivity contribution < 1.29 is 0 Å². The topological polar surface area (TPSA) is 15.3 Å². The Hall–Kier alpha value is -0.0800. The highest BCUT2D eigenvalue weighted by Crippen LogP contribution is 2.03. The van der Waals surface area contributed by atoms with Crippen LogP contribution in [-0.2, 0) is 0 Å². The lowest BCUT2D eigenvalue weighted by molar-refractivity contribution is 0.232. The molecule has 0 radical (unpaired) electrons. The Bertz CT molecular complexity index is 140. The molecule has 0 fully saturated rings. The second-order valence-corrected chi connectivity index (χ2v) is 5.07. The normalized spacial score (nSPS) is 13.2. The predicted octanol–water partition coefficient (Wildman–Crippen LogP) is 3.67. The van der Waals surface area contributed by atoms with Crippen molar-refractivity contribution in [3.63, 3.8) is 0 Å². The zero-order valence-corrected chi connectivity index (χ0v) is 12.6. The molecule has 0 rings (SSSR count). The van der Waals surface area contributed by atoms with Crippen LogP contribution in [0, 0.1) is 0 Å². The Morgan fingerprint density at radius 1 is 0.882 bits per heavy atom. The van der Waals surface area contributed by atoms with E-state index in [-0.39, 0.29) is 0 Å². The minimum Gasteiger partial charge on any atom is -0.313 e. The van der Waals surface area contributed by atoms with Crippen LogP contribution >= 0.6 is 0 Å². The van der Waals surface area contributed by atoms with Gasteiger partial charge in [-0.2, -0.15) is 0 Å². The van der Waals surface area contributed by atoms with Crippen molar-refractivity contribution in [1.29, 1.82) is 0 Å². The Labute approximate surface area is 109 Å². The molecule has 104 valence electrons. The molecule has 0 aromatic carbocycles. The Morgan fingerprint density at radius 3 is 1.88 bits per heavy atom. The van der Waals surface area contributed by atoms with Crippen LogP contribution in [0.2, 0.25) is 0 Å². The van der Waals surface area contributed by atoms with Gasteiger partial charge in [0.2, 0.25) is 0 Å². The maximum absolute atomic E-state index is 3.66. The van der Waals surface area contributed by atoms with Crippen LogP contribution in [0.1, 0.15) is 66.2 Å². The lowest BCUT2D eigenvalue weighted by atomic mass is 10.1. The van der Waals surface area contributed by atoms with Gasteiger partial charge in [0.05, 0.1) is 0 Å². The Kier molecular flexibility index (Phi) is 12.3. The van der Waals surface area contributed by atoms with E-state index in [0.29, 0.717) is 6.04 Å². The van der Waals surface area contributed by atoms with Crippen LogP contribution in [0.3, 0.4) is 0 Å². The molecule has 0 saturated heterocycles. The first-order chi connectivity index (χ1) is 8.28. The molecule has 1 unspecified atom stereocenters. The van der Waals surface area contributed by atoms with Gasteiger partial charge in [0.25, 0.3) is 0 Å². The summed E-state index contributed by atoms with van der Waals surface area (Å²) in [6.07, 6.45) is 7.78. The van der Waals surface area contributed by atoms with Crippen LogP contribution in [0.25, 0.3) is 0 Å². The Morgan fingerprint density at radius 2 is 1.47 bits per heavy atom. The first-order valence-corrected chi connectivity index (χ1v) is 7.74. The van der Waals surface area contributed by atoms with Crippen LogP contribution in [0.15, 0.2) is 0 Å². The highest BCUT2D eigenvalue weighted by Gasteiger charge is 2.11. The van der Waals surface area contributed by atoms with Crippen molar-refractivity contribution in [2.75, 3.05) is 26.2 Å². The highest BCUT2D eigenvalue weighted by molar-refractivity contribution is 4.71. The van der Waals surface area contributed by atoms with E-state index in [1.807, 2.05) is 0 Å². The molecule has 0 aromatic heterocycles. The minimum atomic E-state index is 0.684. The molecule has 0 saturated carbocycles. The van der Waals surface area contributed by atoms with Gasteiger partial charge in [-0.15, -0.1) is 0 Å². The molecule has 17 heavy (non-hydrogen) atoms. The number of unbranched alkanes of at least 4 members (excludes halogenated alkanes) is 2. The third kappa shape index (κ3) is 9.61. The molecule has 1 atom stereocenters. The summed E-state index contributed by atoms with van der Waals surface area (Å²) in [4.78, 5) is 2.66. The fraction of sp³-hybridized carbons (Fsp3) is 1.00. The van der Waals surface area contributed by atoms with Gasteiger partial charge in [0.15, 0.2) is 0 Å². The number of hydrogen-bond acceptors (Lipinski definition) is 2. The zero-order chi connectivity index (χ0) is 12.9. The van der Waals surface area contributed by atoms with Gasteiger partial charge in [0, 0.05) is 12.6 Å². The largest absolute Gasteiger partial charge is 0.313 e. The molecule has 0 aliphatic rings. The molecule has 1 N–H and O–H groups in total. The summed E-state index contributed by atoms with van der Waals surface area (Å²) in [5, 5.41) is 3.66. The van der Waals surface area contributed by atoms with Crippen molar-refractivity contribution in [2.24, 2.45) is 0 Å². The molecule has 0 spiro atoms. The lowest BCUT2D eigenvalue weighted by Gasteiger charge is -2.27. The molecular weight excluding hydrogens is 208 g/mol. The van der Waals surface area contributed by atoms with Crippen molar-refractivity contribution in [2.45, 2.75) is 72.3 Å². The Balaban J connectivity index is 3.97. The first-order valence-electron chi connectivity index (χ1n) is 7.74. The van der Waals surface area contributed by atoms with E-state index < -0.39 is 0 Å². The van der Waals surface area contributed by atoms with E-state index in [4.69, 9.17) is 0 Å². The van der Waals surface area contributed by atoms with Gasteiger partial charge in [-0.3, -0.25) is 0 Å². The molecule has 2 heteroatoms. The monoisotopic (exact) mass is 242 g/mol. The van der Waals surface area contributed by atoms with E-state index in [1.54, 1.807) is 0 Å². The molecule has 0 amide bonds. The maximum atomic E-state index is 3.66.